The third-order valence-electron chi connectivity index (χ3n) is 2.43. The van der Waals surface area contributed by atoms with Crippen LogP contribution in [0.4, 0.5) is 13.2 Å². The van der Waals surface area contributed by atoms with Gasteiger partial charge in [0, 0.05) is 18.8 Å². The minimum absolute atomic E-state index is 0.00406. The molecule has 0 aromatic heterocycles. The average molecular weight is 243 g/mol. The Balaban J connectivity index is 2.22. The molecule has 0 radical (unpaired) electrons. The van der Waals surface area contributed by atoms with Gasteiger partial charge in [0.15, 0.2) is 0 Å². The number of rotatable bonds is 3. The van der Waals surface area contributed by atoms with Gasteiger partial charge < -0.3 is 5.11 Å². The highest BCUT2D eigenvalue weighted by Crippen LogP contribution is 2.30. The number of alkyl halides is 3. The Morgan fingerprint density at radius 2 is 2.13 bits per heavy atom. The molecule has 1 unspecified atom stereocenters. The summed E-state index contributed by atoms with van der Waals surface area (Å²) in [6.07, 6.45) is 1.58. The Kier molecular flexibility index (Phi) is 4.31. The van der Waals surface area contributed by atoms with Gasteiger partial charge in [0.05, 0.1) is 5.60 Å². The van der Waals surface area contributed by atoms with Crippen molar-refractivity contribution in [3.63, 3.8) is 0 Å². The second kappa shape index (κ2) is 4.93. The molecule has 1 atom stereocenters. The van der Waals surface area contributed by atoms with Crippen LogP contribution in [0, 0.1) is 0 Å². The number of piperidine rings is 1. The Labute approximate surface area is 91.8 Å². The van der Waals surface area contributed by atoms with Crippen molar-refractivity contribution < 1.29 is 18.3 Å². The molecule has 0 saturated carbocycles. The van der Waals surface area contributed by atoms with Crippen molar-refractivity contribution in [1.29, 1.82) is 0 Å². The van der Waals surface area contributed by atoms with Gasteiger partial charge in [-0.05, 0) is 38.1 Å². The van der Waals surface area contributed by atoms with Crippen molar-refractivity contribution in [3.05, 3.63) is 0 Å². The van der Waals surface area contributed by atoms with Crippen LogP contribution in [0.1, 0.15) is 19.8 Å². The topological polar surface area (TPSA) is 23.5 Å². The minimum atomic E-state index is -4.14. The van der Waals surface area contributed by atoms with E-state index in [1.54, 1.807) is 6.92 Å². The van der Waals surface area contributed by atoms with Crippen molar-refractivity contribution >= 4 is 11.8 Å². The van der Waals surface area contributed by atoms with Crippen molar-refractivity contribution in [1.82, 2.24) is 4.90 Å². The molecule has 1 aliphatic heterocycles. The monoisotopic (exact) mass is 243 g/mol. The van der Waals surface area contributed by atoms with Gasteiger partial charge in [-0.1, -0.05) is 0 Å². The molecule has 2 nitrogen and oxygen atoms in total. The zero-order valence-corrected chi connectivity index (χ0v) is 9.50. The van der Waals surface area contributed by atoms with Crippen molar-refractivity contribution in [2.45, 2.75) is 30.9 Å². The van der Waals surface area contributed by atoms with E-state index in [2.05, 4.69) is 0 Å². The molecule has 0 bridgehead atoms. The SMILES string of the molecule is CC1(O)CCCN(CCSC(F)(F)F)C1. The van der Waals surface area contributed by atoms with E-state index in [4.69, 9.17) is 0 Å². The molecule has 1 fully saturated rings. The molecule has 1 heterocycles. The van der Waals surface area contributed by atoms with Gasteiger partial charge in [-0.25, -0.2) is 0 Å². The van der Waals surface area contributed by atoms with Crippen LogP contribution in [-0.4, -0.2) is 46.5 Å². The van der Waals surface area contributed by atoms with Crippen LogP contribution in [-0.2, 0) is 0 Å². The summed E-state index contributed by atoms with van der Waals surface area (Å²) in [5.74, 6) is 0.0413. The van der Waals surface area contributed by atoms with Gasteiger partial charge in [-0.15, -0.1) is 0 Å². The van der Waals surface area contributed by atoms with E-state index in [1.165, 1.54) is 0 Å². The molecule has 1 N–H and O–H groups in total. The van der Waals surface area contributed by atoms with E-state index < -0.39 is 11.1 Å². The van der Waals surface area contributed by atoms with Crippen LogP contribution in [0.5, 0.6) is 0 Å². The summed E-state index contributed by atoms with van der Waals surface area (Å²) in [6, 6.07) is 0. The maximum Gasteiger partial charge on any atom is 0.441 e. The van der Waals surface area contributed by atoms with Gasteiger partial charge in [-0.3, -0.25) is 4.90 Å². The van der Waals surface area contributed by atoms with Gasteiger partial charge in [-0.2, -0.15) is 13.2 Å². The fourth-order valence-corrected chi connectivity index (χ4v) is 2.39. The summed E-state index contributed by atoms with van der Waals surface area (Å²) in [5, 5.41) is 9.73. The first-order valence-electron chi connectivity index (χ1n) is 4.94. The summed E-state index contributed by atoms with van der Waals surface area (Å²) in [6.45, 7) is 3.39. The number of thioether (sulfide) groups is 1. The molecule has 1 rings (SSSR count). The maximum absolute atomic E-state index is 11.9. The Bertz CT molecular complexity index is 208. The second-order valence-corrected chi connectivity index (χ2v) is 5.33. The first kappa shape index (κ1) is 13.1. The number of β-amino-alcohol motifs (C(OH)–C–C–N with tert-alkyl or cyclic N) is 1. The lowest BCUT2D eigenvalue weighted by Gasteiger charge is -2.36. The highest BCUT2D eigenvalue weighted by molar-refractivity contribution is 8.00. The molecular formula is C9H16F3NOS. The fraction of sp³-hybridized carbons (Fsp3) is 1.00. The third kappa shape index (κ3) is 5.63. The summed E-state index contributed by atoms with van der Waals surface area (Å²) < 4.78 is 35.6. The largest absolute Gasteiger partial charge is 0.441 e. The molecule has 0 amide bonds. The van der Waals surface area contributed by atoms with E-state index in [0.717, 1.165) is 19.4 Å². The average Bonchev–Trinajstić information content (AvgIpc) is 1.99. The lowest BCUT2D eigenvalue weighted by molar-refractivity contribution is -0.0333. The van der Waals surface area contributed by atoms with Gasteiger partial charge in [0.2, 0.25) is 0 Å². The van der Waals surface area contributed by atoms with Crippen LogP contribution in [0.15, 0.2) is 0 Å². The first-order valence-corrected chi connectivity index (χ1v) is 5.92. The van der Waals surface area contributed by atoms with Crippen molar-refractivity contribution in [2.24, 2.45) is 0 Å². The molecule has 0 spiro atoms. The quantitative estimate of drug-likeness (QED) is 0.821. The Hall–Kier alpha value is 0.0600. The van der Waals surface area contributed by atoms with Crippen LogP contribution < -0.4 is 0 Å². The Morgan fingerprint density at radius 1 is 1.47 bits per heavy atom. The van der Waals surface area contributed by atoms with Crippen LogP contribution >= 0.6 is 11.8 Å². The summed E-state index contributed by atoms with van der Waals surface area (Å²) in [7, 11) is 0. The second-order valence-electron chi connectivity index (χ2n) is 4.17. The number of likely N-dealkylation sites (tertiary alicyclic amines) is 1. The minimum Gasteiger partial charge on any atom is -0.389 e. The molecule has 15 heavy (non-hydrogen) atoms. The number of hydrogen-bond acceptors (Lipinski definition) is 3. The number of halogens is 3. The molecule has 1 aliphatic rings. The molecule has 0 aromatic carbocycles. The molecule has 1 saturated heterocycles. The predicted molar refractivity (Wildman–Crippen MR) is 54.8 cm³/mol. The van der Waals surface area contributed by atoms with E-state index in [0.29, 0.717) is 13.1 Å². The fourth-order valence-electron chi connectivity index (χ4n) is 1.80. The number of nitrogens with zero attached hydrogens (tertiary/aromatic N) is 1. The molecule has 0 aromatic rings. The van der Waals surface area contributed by atoms with Gasteiger partial charge in [0.25, 0.3) is 0 Å². The Morgan fingerprint density at radius 3 is 2.67 bits per heavy atom. The molecule has 90 valence electrons. The molecule has 0 aliphatic carbocycles. The molecule has 6 heteroatoms. The molecular weight excluding hydrogens is 227 g/mol. The van der Waals surface area contributed by atoms with Gasteiger partial charge in [0.1, 0.15) is 0 Å². The van der Waals surface area contributed by atoms with E-state index in [-0.39, 0.29) is 17.5 Å². The lowest BCUT2D eigenvalue weighted by atomic mass is 9.95. The predicted octanol–water partition coefficient (Wildman–Crippen LogP) is 2.09. The summed E-state index contributed by atoms with van der Waals surface area (Å²) in [4.78, 5) is 1.89. The van der Waals surface area contributed by atoms with E-state index in [1.807, 2.05) is 4.90 Å². The highest BCUT2D eigenvalue weighted by Gasteiger charge is 2.30. The van der Waals surface area contributed by atoms with Crippen LogP contribution in [0.3, 0.4) is 0 Å². The highest BCUT2D eigenvalue weighted by atomic mass is 32.2. The zero-order chi connectivity index (χ0) is 11.5. The smallest absolute Gasteiger partial charge is 0.389 e. The lowest BCUT2D eigenvalue weighted by Crippen LogP contribution is -2.46. The summed E-state index contributed by atoms with van der Waals surface area (Å²) >= 11 is 0.00406. The van der Waals surface area contributed by atoms with Gasteiger partial charge >= 0.3 is 5.51 Å². The third-order valence-corrected chi connectivity index (χ3v) is 3.14. The maximum atomic E-state index is 11.9. The zero-order valence-electron chi connectivity index (χ0n) is 8.68. The normalized spacial score (nSPS) is 29.4. The van der Waals surface area contributed by atoms with Crippen molar-refractivity contribution in [3.8, 4) is 0 Å². The van der Waals surface area contributed by atoms with E-state index in [9.17, 15) is 18.3 Å². The van der Waals surface area contributed by atoms with Crippen LogP contribution in [0.2, 0.25) is 0 Å². The standard InChI is InChI=1S/C9H16F3NOS/c1-8(14)3-2-4-13(7-8)5-6-15-9(10,11)12/h14H,2-7H2,1H3. The van der Waals surface area contributed by atoms with E-state index >= 15 is 0 Å². The van der Waals surface area contributed by atoms with Crippen molar-refractivity contribution in [2.75, 3.05) is 25.4 Å². The summed E-state index contributed by atoms with van der Waals surface area (Å²) in [5.41, 5.74) is -4.88. The number of hydrogen-bond donors (Lipinski definition) is 1. The van der Waals surface area contributed by atoms with Crippen LogP contribution in [0.25, 0.3) is 0 Å². The first-order chi connectivity index (χ1) is 6.79. The number of aliphatic hydroxyl groups is 1.